The van der Waals surface area contributed by atoms with Crippen LogP contribution in [0.1, 0.15) is 21.5 Å². The topological polar surface area (TPSA) is 131 Å². The number of fused-ring (bicyclic) bond motifs is 1. The number of hydrogen-bond acceptors (Lipinski definition) is 7. The number of nitrogens with one attached hydrogen (secondary N) is 1. The van der Waals surface area contributed by atoms with Gasteiger partial charge in [0.2, 0.25) is 0 Å². The molecule has 0 fully saturated rings. The highest BCUT2D eigenvalue weighted by Crippen LogP contribution is 2.24. The van der Waals surface area contributed by atoms with Crippen molar-refractivity contribution in [3.8, 4) is 5.75 Å². The Bertz CT molecular complexity index is 1020. The van der Waals surface area contributed by atoms with Gasteiger partial charge in [0.15, 0.2) is 6.61 Å². The fourth-order valence-corrected chi connectivity index (χ4v) is 3.29. The molecule has 0 saturated carbocycles. The highest BCUT2D eigenvalue weighted by molar-refractivity contribution is 5.97. The Labute approximate surface area is 190 Å². The number of methoxy groups -OCH3 is 1. The van der Waals surface area contributed by atoms with E-state index in [2.05, 4.69) is 10.1 Å². The summed E-state index contributed by atoms with van der Waals surface area (Å²) >= 11 is 0. The molecule has 0 radical (unpaired) electrons. The van der Waals surface area contributed by atoms with Crippen LogP contribution in [-0.2, 0) is 32.1 Å². The number of nitrogens with zero attached hydrogens (tertiary/aromatic N) is 1. The van der Waals surface area contributed by atoms with Gasteiger partial charge >= 0.3 is 18.0 Å². The van der Waals surface area contributed by atoms with Crippen LogP contribution < -0.4 is 10.1 Å². The fourth-order valence-electron chi connectivity index (χ4n) is 3.29. The predicted molar refractivity (Wildman–Crippen MR) is 115 cm³/mol. The fraction of sp³-hybridized carbons (Fsp3) is 0.304. The number of rotatable bonds is 9. The van der Waals surface area contributed by atoms with Crippen LogP contribution in [0.4, 0.5) is 4.79 Å². The molecule has 0 saturated heterocycles. The zero-order valence-corrected chi connectivity index (χ0v) is 18.0. The molecule has 1 unspecified atom stereocenters. The van der Waals surface area contributed by atoms with Gasteiger partial charge in [0.25, 0.3) is 5.91 Å². The van der Waals surface area contributed by atoms with E-state index in [4.69, 9.17) is 9.47 Å². The summed E-state index contributed by atoms with van der Waals surface area (Å²) < 4.78 is 14.9. The first-order chi connectivity index (χ1) is 15.9. The molecule has 2 aromatic rings. The number of carboxylic acid groups (broad SMARTS) is 1. The minimum atomic E-state index is -1.33. The van der Waals surface area contributed by atoms with Crippen molar-refractivity contribution in [2.45, 2.75) is 19.1 Å². The van der Waals surface area contributed by atoms with E-state index < -0.39 is 24.1 Å². The Morgan fingerprint density at radius 3 is 2.61 bits per heavy atom. The molecule has 10 nitrogen and oxygen atoms in total. The second-order valence-corrected chi connectivity index (χ2v) is 7.28. The van der Waals surface area contributed by atoms with Gasteiger partial charge in [-0.1, -0.05) is 30.3 Å². The minimum Gasteiger partial charge on any atom is -0.482 e. The van der Waals surface area contributed by atoms with Gasteiger partial charge in [0.1, 0.15) is 18.4 Å². The molecule has 174 valence electrons. The summed E-state index contributed by atoms with van der Waals surface area (Å²) in [6.45, 7) is -0.206. The molecular formula is C23H24N2O8. The third kappa shape index (κ3) is 6.45. The van der Waals surface area contributed by atoms with E-state index in [0.717, 1.165) is 11.1 Å². The van der Waals surface area contributed by atoms with Crippen LogP contribution in [0.15, 0.2) is 48.5 Å². The van der Waals surface area contributed by atoms with E-state index >= 15 is 0 Å². The van der Waals surface area contributed by atoms with E-state index in [9.17, 15) is 24.3 Å². The second-order valence-electron chi connectivity index (χ2n) is 7.28. The molecule has 2 aromatic carbocycles. The molecule has 2 N–H and O–H groups in total. The number of benzene rings is 2. The maximum Gasteiger partial charge on any atom is 0.408 e. The highest BCUT2D eigenvalue weighted by Gasteiger charge is 2.30. The lowest BCUT2D eigenvalue weighted by atomic mass is 9.98. The van der Waals surface area contributed by atoms with Crippen LogP contribution in [0, 0.1) is 0 Å². The zero-order chi connectivity index (χ0) is 23.8. The van der Waals surface area contributed by atoms with Crippen LogP contribution in [0.3, 0.4) is 0 Å². The molecule has 0 spiro atoms. The van der Waals surface area contributed by atoms with Gasteiger partial charge in [-0.25, -0.2) is 14.4 Å². The molecule has 33 heavy (non-hydrogen) atoms. The van der Waals surface area contributed by atoms with Gasteiger partial charge in [-0.15, -0.1) is 0 Å². The number of carboxylic acids is 1. The first-order valence-electron chi connectivity index (χ1n) is 10.2. The Morgan fingerprint density at radius 2 is 1.91 bits per heavy atom. The van der Waals surface area contributed by atoms with Crippen molar-refractivity contribution in [2.75, 3.05) is 26.8 Å². The zero-order valence-electron chi connectivity index (χ0n) is 18.0. The number of esters is 1. The molecule has 10 heteroatoms. The summed E-state index contributed by atoms with van der Waals surface area (Å²) in [6, 6.07) is 12.4. The average Bonchev–Trinajstić information content (AvgIpc) is 2.82. The highest BCUT2D eigenvalue weighted by atomic mass is 16.6. The molecular weight excluding hydrogens is 432 g/mol. The number of amides is 2. The molecule has 1 aliphatic heterocycles. The molecule has 3 rings (SSSR count). The summed E-state index contributed by atoms with van der Waals surface area (Å²) in [5, 5.41) is 11.8. The third-order valence-electron chi connectivity index (χ3n) is 5.04. The van der Waals surface area contributed by atoms with Gasteiger partial charge in [0, 0.05) is 12.1 Å². The van der Waals surface area contributed by atoms with Gasteiger partial charge < -0.3 is 29.5 Å². The lowest BCUT2D eigenvalue weighted by Crippen LogP contribution is -2.51. The van der Waals surface area contributed by atoms with Gasteiger partial charge in [-0.05, 0) is 35.7 Å². The Kier molecular flexibility index (Phi) is 7.85. The van der Waals surface area contributed by atoms with Crippen LogP contribution >= 0.6 is 0 Å². The maximum absolute atomic E-state index is 12.9. The summed E-state index contributed by atoms with van der Waals surface area (Å²) in [5.74, 6) is -1.74. The third-order valence-corrected chi connectivity index (χ3v) is 5.04. The van der Waals surface area contributed by atoms with Crippen LogP contribution in [-0.4, -0.2) is 66.8 Å². The molecule has 0 aliphatic carbocycles. The molecule has 1 aliphatic rings. The largest absolute Gasteiger partial charge is 0.482 e. The van der Waals surface area contributed by atoms with Crippen molar-refractivity contribution in [3.05, 3.63) is 65.2 Å². The SMILES string of the molecule is COC(=O)COc1ccc2c(c1)CCN(CC(NC(=O)OCc1ccccc1)C(=O)O)C2=O. The molecule has 0 aromatic heterocycles. The Balaban J connectivity index is 1.58. The van der Waals surface area contributed by atoms with Gasteiger partial charge in [0.05, 0.1) is 13.7 Å². The van der Waals surface area contributed by atoms with E-state index in [1.54, 1.807) is 42.5 Å². The van der Waals surface area contributed by atoms with Crippen molar-refractivity contribution < 1.29 is 38.5 Å². The average molecular weight is 456 g/mol. The van der Waals surface area contributed by atoms with Crippen molar-refractivity contribution >= 4 is 23.9 Å². The number of alkyl carbamates (subject to hydrolysis) is 1. The molecule has 1 atom stereocenters. The van der Waals surface area contributed by atoms with Crippen LogP contribution in [0.25, 0.3) is 0 Å². The predicted octanol–water partition coefficient (Wildman–Crippen LogP) is 1.62. The van der Waals surface area contributed by atoms with Crippen molar-refractivity contribution in [2.24, 2.45) is 0 Å². The van der Waals surface area contributed by atoms with E-state index in [1.165, 1.54) is 12.0 Å². The van der Waals surface area contributed by atoms with Crippen molar-refractivity contribution in [1.29, 1.82) is 0 Å². The summed E-state index contributed by atoms with van der Waals surface area (Å²) in [7, 11) is 1.26. The number of carbonyl (C=O) groups is 4. The van der Waals surface area contributed by atoms with Crippen molar-refractivity contribution in [3.63, 3.8) is 0 Å². The summed E-state index contributed by atoms with van der Waals surface area (Å²) in [6.07, 6.45) is -0.426. The number of carbonyl (C=O) groups excluding carboxylic acids is 3. The standard InChI is InChI=1S/C23H24N2O8/c1-31-20(26)14-32-17-7-8-18-16(11-17)9-10-25(21(18)27)12-19(22(28)29)24-23(30)33-13-15-5-3-2-4-6-15/h2-8,11,19H,9-10,12-14H2,1H3,(H,24,30)(H,28,29). The Morgan fingerprint density at radius 1 is 1.15 bits per heavy atom. The van der Waals surface area contributed by atoms with Gasteiger partial charge in [-0.3, -0.25) is 4.79 Å². The minimum absolute atomic E-state index is 0.00455. The van der Waals surface area contributed by atoms with Gasteiger partial charge in [-0.2, -0.15) is 0 Å². The first kappa shape index (κ1) is 23.6. The number of hydrogen-bond donors (Lipinski definition) is 2. The van der Waals surface area contributed by atoms with E-state index in [-0.39, 0.29) is 32.2 Å². The van der Waals surface area contributed by atoms with Crippen LogP contribution in [0.2, 0.25) is 0 Å². The monoisotopic (exact) mass is 456 g/mol. The Hall–Kier alpha value is -4.08. The normalized spacial score (nSPS) is 13.5. The lowest BCUT2D eigenvalue weighted by molar-refractivity contribution is -0.143. The number of aliphatic carboxylic acids is 1. The lowest BCUT2D eigenvalue weighted by Gasteiger charge is -2.31. The first-order valence-corrected chi connectivity index (χ1v) is 10.2. The number of ether oxygens (including phenoxy) is 3. The van der Waals surface area contributed by atoms with E-state index in [1.807, 2.05) is 6.07 Å². The second kappa shape index (κ2) is 11.0. The molecule has 2 amide bonds. The van der Waals surface area contributed by atoms with Crippen molar-refractivity contribution in [1.82, 2.24) is 10.2 Å². The van der Waals surface area contributed by atoms with E-state index in [0.29, 0.717) is 17.7 Å². The molecule has 1 heterocycles. The summed E-state index contributed by atoms with van der Waals surface area (Å²) in [5.41, 5.74) is 1.89. The van der Waals surface area contributed by atoms with Crippen LogP contribution in [0.5, 0.6) is 5.75 Å². The molecule has 0 bridgehead atoms. The quantitative estimate of drug-likeness (QED) is 0.544. The smallest absolute Gasteiger partial charge is 0.408 e. The maximum atomic E-state index is 12.9. The summed E-state index contributed by atoms with van der Waals surface area (Å²) in [4.78, 5) is 49.2.